The highest BCUT2D eigenvalue weighted by molar-refractivity contribution is 5.71. The van der Waals surface area contributed by atoms with Crippen molar-refractivity contribution in [3.8, 4) is 22.8 Å². The van der Waals surface area contributed by atoms with Crippen LogP contribution in [0.4, 0.5) is 0 Å². The standard InChI is InChI=1S/C14H16N2O2/c1-9-8-15-16-14(10(9)2)12-7-11(17-3)5-6-13(12)18-4/h5-8H,1-4H3. The van der Waals surface area contributed by atoms with Crippen LogP contribution in [0, 0.1) is 13.8 Å². The van der Waals surface area contributed by atoms with Gasteiger partial charge in [-0.3, -0.25) is 0 Å². The molecule has 18 heavy (non-hydrogen) atoms. The van der Waals surface area contributed by atoms with Crippen molar-refractivity contribution in [2.24, 2.45) is 0 Å². The SMILES string of the molecule is COc1ccc(OC)c(-c2nncc(C)c2C)c1. The molecule has 1 aromatic heterocycles. The number of nitrogens with zero attached hydrogens (tertiary/aromatic N) is 2. The Hall–Kier alpha value is -2.10. The first-order chi connectivity index (χ1) is 8.67. The van der Waals surface area contributed by atoms with E-state index in [-0.39, 0.29) is 0 Å². The number of methoxy groups -OCH3 is 2. The lowest BCUT2D eigenvalue weighted by Crippen LogP contribution is -1.97. The first-order valence-corrected chi connectivity index (χ1v) is 5.68. The molecule has 4 nitrogen and oxygen atoms in total. The van der Waals surface area contributed by atoms with Crippen molar-refractivity contribution in [1.29, 1.82) is 0 Å². The van der Waals surface area contributed by atoms with E-state index in [0.717, 1.165) is 33.9 Å². The number of benzene rings is 1. The molecule has 94 valence electrons. The molecule has 1 heterocycles. The quantitative estimate of drug-likeness (QED) is 0.832. The zero-order chi connectivity index (χ0) is 13.1. The minimum absolute atomic E-state index is 0.763. The zero-order valence-electron chi connectivity index (χ0n) is 11.0. The summed E-state index contributed by atoms with van der Waals surface area (Å²) in [5, 5.41) is 8.21. The van der Waals surface area contributed by atoms with Crippen LogP contribution in [0.5, 0.6) is 11.5 Å². The third-order valence-corrected chi connectivity index (χ3v) is 3.02. The topological polar surface area (TPSA) is 44.2 Å². The van der Waals surface area contributed by atoms with Crippen LogP contribution in [-0.2, 0) is 0 Å². The number of hydrogen-bond donors (Lipinski definition) is 0. The Labute approximate surface area is 107 Å². The number of hydrogen-bond acceptors (Lipinski definition) is 4. The normalized spacial score (nSPS) is 10.2. The van der Waals surface area contributed by atoms with E-state index >= 15 is 0 Å². The van der Waals surface area contributed by atoms with Crippen LogP contribution in [0.15, 0.2) is 24.4 Å². The van der Waals surface area contributed by atoms with Crippen LogP contribution in [0.1, 0.15) is 11.1 Å². The summed E-state index contributed by atoms with van der Waals surface area (Å²) >= 11 is 0. The minimum atomic E-state index is 0.763. The fraction of sp³-hybridized carbons (Fsp3) is 0.286. The van der Waals surface area contributed by atoms with Crippen molar-refractivity contribution in [2.45, 2.75) is 13.8 Å². The molecular formula is C14H16N2O2. The zero-order valence-corrected chi connectivity index (χ0v) is 11.0. The molecule has 0 atom stereocenters. The van der Waals surface area contributed by atoms with E-state index < -0.39 is 0 Å². The fourth-order valence-corrected chi connectivity index (χ4v) is 1.79. The molecule has 0 aliphatic carbocycles. The average molecular weight is 244 g/mol. The molecule has 0 fully saturated rings. The van der Waals surface area contributed by atoms with E-state index in [4.69, 9.17) is 9.47 Å². The Bertz CT molecular complexity index is 568. The Morgan fingerprint density at radius 3 is 2.50 bits per heavy atom. The van der Waals surface area contributed by atoms with Gasteiger partial charge in [-0.05, 0) is 43.2 Å². The first-order valence-electron chi connectivity index (χ1n) is 5.68. The number of rotatable bonds is 3. The van der Waals surface area contributed by atoms with Gasteiger partial charge < -0.3 is 9.47 Å². The second-order valence-electron chi connectivity index (χ2n) is 4.07. The van der Waals surface area contributed by atoms with Gasteiger partial charge in [0, 0.05) is 5.56 Å². The number of aromatic nitrogens is 2. The maximum absolute atomic E-state index is 5.37. The van der Waals surface area contributed by atoms with E-state index in [9.17, 15) is 0 Å². The van der Waals surface area contributed by atoms with Gasteiger partial charge in [0.2, 0.25) is 0 Å². The number of ether oxygens (including phenoxy) is 2. The lowest BCUT2D eigenvalue weighted by molar-refractivity contribution is 0.404. The lowest BCUT2D eigenvalue weighted by atomic mass is 10.0. The second kappa shape index (κ2) is 5.04. The van der Waals surface area contributed by atoms with Gasteiger partial charge in [0.15, 0.2) is 0 Å². The number of aryl methyl sites for hydroxylation is 1. The summed E-state index contributed by atoms with van der Waals surface area (Å²) in [6.45, 7) is 4.04. The molecule has 1 aromatic carbocycles. The van der Waals surface area contributed by atoms with Gasteiger partial charge in [-0.2, -0.15) is 10.2 Å². The molecular weight excluding hydrogens is 228 g/mol. The molecule has 0 saturated heterocycles. The molecule has 0 bridgehead atoms. The summed E-state index contributed by atoms with van der Waals surface area (Å²) in [5.74, 6) is 1.53. The van der Waals surface area contributed by atoms with Crippen LogP contribution in [0.3, 0.4) is 0 Å². The maximum atomic E-state index is 5.37. The van der Waals surface area contributed by atoms with E-state index in [2.05, 4.69) is 10.2 Å². The van der Waals surface area contributed by atoms with Crippen LogP contribution in [0.25, 0.3) is 11.3 Å². The Morgan fingerprint density at radius 2 is 1.83 bits per heavy atom. The molecule has 0 saturated carbocycles. The maximum Gasteiger partial charge on any atom is 0.128 e. The van der Waals surface area contributed by atoms with E-state index in [0.29, 0.717) is 0 Å². The molecule has 2 rings (SSSR count). The van der Waals surface area contributed by atoms with Gasteiger partial charge in [0.05, 0.1) is 26.1 Å². The summed E-state index contributed by atoms with van der Waals surface area (Å²) in [7, 11) is 3.28. The molecule has 0 aliphatic heterocycles. The lowest BCUT2D eigenvalue weighted by Gasteiger charge is -2.12. The Kier molecular flexibility index (Phi) is 3.46. The molecule has 0 N–H and O–H groups in total. The highest BCUT2D eigenvalue weighted by Gasteiger charge is 2.13. The third-order valence-electron chi connectivity index (χ3n) is 3.02. The monoisotopic (exact) mass is 244 g/mol. The largest absolute Gasteiger partial charge is 0.497 e. The van der Waals surface area contributed by atoms with Crippen molar-refractivity contribution in [3.05, 3.63) is 35.5 Å². The predicted molar refractivity (Wildman–Crippen MR) is 70.0 cm³/mol. The van der Waals surface area contributed by atoms with Crippen molar-refractivity contribution in [1.82, 2.24) is 10.2 Å². The second-order valence-corrected chi connectivity index (χ2v) is 4.07. The third kappa shape index (κ3) is 2.14. The van der Waals surface area contributed by atoms with Gasteiger partial charge in [-0.25, -0.2) is 0 Å². The van der Waals surface area contributed by atoms with Gasteiger partial charge in [-0.1, -0.05) is 0 Å². The summed E-state index contributed by atoms with van der Waals surface area (Å²) in [4.78, 5) is 0. The Balaban J connectivity index is 2.64. The molecule has 0 aliphatic rings. The van der Waals surface area contributed by atoms with Crippen LogP contribution >= 0.6 is 0 Å². The summed E-state index contributed by atoms with van der Waals surface area (Å²) in [6, 6.07) is 5.65. The summed E-state index contributed by atoms with van der Waals surface area (Å²) in [6.07, 6.45) is 1.76. The van der Waals surface area contributed by atoms with E-state index in [1.165, 1.54) is 0 Å². The fourth-order valence-electron chi connectivity index (χ4n) is 1.79. The summed E-state index contributed by atoms with van der Waals surface area (Å²) in [5.41, 5.74) is 3.91. The van der Waals surface area contributed by atoms with E-state index in [1.807, 2.05) is 32.0 Å². The van der Waals surface area contributed by atoms with Gasteiger partial charge in [0.1, 0.15) is 11.5 Å². The van der Waals surface area contributed by atoms with Gasteiger partial charge in [0.25, 0.3) is 0 Å². The molecule has 4 heteroatoms. The molecule has 0 amide bonds. The molecule has 0 spiro atoms. The van der Waals surface area contributed by atoms with Gasteiger partial charge >= 0.3 is 0 Å². The highest BCUT2D eigenvalue weighted by atomic mass is 16.5. The molecule has 0 radical (unpaired) electrons. The minimum Gasteiger partial charge on any atom is -0.497 e. The average Bonchev–Trinajstić information content (AvgIpc) is 2.41. The first kappa shape index (κ1) is 12.4. The van der Waals surface area contributed by atoms with Crippen molar-refractivity contribution < 1.29 is 9.47 Å². The summed E-state index contributed by atoms with van der Waals surface area (Å²) < 4.78 is 10.6. The van der Waals surface area contributed by atoms with Crippen molar-refractivity contribution in [3.63, 3.8) is 0 Å². The predicted octanol–water partition coefficient (Wildman–Crippen LogP) is 2.78. The highest BCUT2D eigenvalue weighted by Crippen LogP contribution is 2.34. The van der Waals surface area contributed by atoms with Crippen LogP contribution in [0.2, 0.25) is 0 Å². The van der Waals surface area contributed by atoms with Crippen molar-refractivity contribution >= 4 is 0 Å². The van der Waals surface area contributed by atoms with Crippen molar-refractivity contribution in [2.75, 3.05) is 14.2 Å². The molecule has 0 unspecified atom stereocenters. The van der Waals surface area contributed by atoms with Crippen LogP contribution < -0.4 is 9.47 Å². The Morgan fingerprint density at radius 1 is 1.06 bits per heavy atom. The van der Waals surface area contributed by atoms with Crippen LogP contribution in [-0.4, -0.2) is 24.4 Å². The van der Waals surface area contributed by atoms with E-state index in [1.54, 1.807) is 20.4 Å². The molecule has 2 aromatic rings. The van der Waals surface area contributed by atoms with Gasteiger partial charge in [-0.15, -0.1) is 0 Å². The smallest absolute Gasteiger partial charge is 0.128 e.